The number of anilines is 1. The van der Waals surface area contributed by atoms with Gasteiger partial charge in [0.2, 0.25) is 5.91 Å². The average molecular weight is 419 g/mol. The molecule has 0 fully saturated rings. The van der Waals surface area contributed by atoms with Gasteiger partial charge in [0.05, 0.1) is 0 Å². The molecule has 21 heavy (non-hydrogen) atoms. The topological polar surface area (TPSA) is 29.1 Å². The van der Waals surface area contributed by atoms with Crippen molar-refractivity contribution in [3.8, 4) is 0 Å². The van der Waals surface area contributed by atoms with Crippen molar-refractivity contribution in [2.24, 2.45) is 0 Å². The fourth-order valence-corrected chi connectivity index (χ4v) is 2.84. The van der Waals surface area contributed by atoms with Crippen molar-refractivity contribution in [3.05, 3.63) is 27.1 Å². The summed E-state index contributed by atoms with van der Waals surface area (Å²) in [5.41, 5.74) is 0.842. The second kappa shape index (κ2) is 11.2. The van der Waals surface area contributed by atoms with Gasteiger partial charge in [-0.1, -0.05) is 51.9 Å². The molecule has 1 aromatic rings. The highest BCUT2D eigenvalue weighted by atomic mass is 79.9. The van der Waals surface area contributed by atoms with Gasteiger partial charge in [-0.2, -0.15) is 0 Å². The van der Waals surface area contributed by atoms with Gasteiger partial charge in [-0.15, -0.1) is 0 Å². The number of hydrogen-bond donors (Lipinski definition) is 1. The Labute approximate surface area is 145 Å². The van der Waals surface area contributed by atoms with E-state index in [0.717, 1.165) is 27.5 Å². The highest BCUT2D eigenvalue weighted by Gasteiger charge is 2.04. The molecule has 2 nitrogen and oxygen atoms in total. The maximum atomic E-state index is 11.8. The van der Waals surface area contributed by atoms with Gasteiger partial charge < -0.3 is 5.32 Å². The Morgan fingerprint density at radius 3 is 2.19 bits per heavy atom. The molecule has 0 aliphatic heterocycles. The highest BCUT2D eigenvalue weighted by Crippen LogP contribution is 2.26. The SMILES string of the molecule is CCCCCCCCCCC(=O)Nc1ccc(Br)c(Br)c1. The third-order valence-electron chi connectivity index (χ3n) is 3.46. The van der Waals surface area contributed by atoms with Crippen molar-refractivity contribution >= 4 is 43.5 Å². The van der Waals surface area contributed by atoms with Crippen LogP contribution in [0.5, 0.6) is 0 Å². The van der Waals surface area contributed by atoms with E-state index in [2.05, 4.69) is 44.1 Å². The Hall–Kier alpha value is -0.350. The maximum Gasteiger partial charge on any atom is 0.224 e. The molecule has 0 aliphatic carbocycles. The zero-order valence-corrected chi connectivity index (χ0v) is 15.9. The highest BCUT2D eigenvalue weighted by molar-refractivity contribution is 9.13. The average Bonchev–Trinajstić information content (AvgIpc) is 2.46. The van der Waals surface area contributed by atoms with Crippen molar-refractivity contribution in [1.82, 2.24) is 0 Å². The first-order valence-electron chi connectivity index (χ1n) is 7.88. The minimum absolute atomic E-state index is 0.107. The number of benzene rings is 1. The molecule has 1 aromatic carbocycles. The summed E-state index contributed by atoms with van der Waals surface area (Å²) in [6.07, 6.45) is 10.7. The van der Waals surface area contributed by atoms with Crippen LogP contribution < -0.4 is 5.32 Å². The van der Waals surface area contributed by atoms with Crippen molar-refractivity contribution in [2.75, 3.05) is 5.32 Å². The van der Waals surface area contributed by atoms with Crippen LogP contribution in [0.1, 0.15) is 64.7 Å². The standard InChI is InChI=1S/C17H25Br2NO/c1-2-3-4-5-6-7-8-9-10-17(21)20-14-11-12-15(18)16(19)13-14/h11-13H,2-10H2,1H3,(H,20,21). The third-order valence-corrected chi connectivity index (χ3v) is 5.34. The van der Waals surface area contributed by atoms with E-state index in [1.54, 1.807) is 0 Å². The number of nitrogens with one attached hydrogen (secondary N) is 1. The molecule has 0 aliphatic rings. The lowest BCUT2D eigenvalue weighted by molar-refractivity contribution is -0.116. The van der Waals surface area contributed by atoms with E-state index in [0.29, 0.717) is 6.42 Å². The normalized spacial score (nSPS) is 10.6. The molecule has 1 N–H and O–H groups in total. The molecule has 0 saturated heterocycles. The molecule has 0 radical (unpaired) electrons. The summed E-state index contributed by atoms with van der Waals surface area (Å²) in [7, 11) is 0. The molecule has 0 bridgehead atoms. The zero-order valence-electron chi connectivity index (χ0n) is 12.8. The molecule has 4 heteroatoms. The Kier molecular flexibility index (Phi) is 10.0. The third kappa shape index (κ3) is 8.62. The molecule has 0 atom stereocenters. The van der Waals surface area contributed by atoms with Crippen molar-refractivity contribution < 1.29 is 4.79 Å². The van der Waals surface area contributed by atoms with Gasteiger partial charge in [-0.25, -0.2) is 0 Å². The van der Waals surface area contributed by atoms with Gasteiger partial charge in [0, 0.05) is 21.1 Å². The quantitative estimate of drug-likeness (QED) is 0.421. The second-order valence-corrected chi connectivity index (χ2v) is 7.11. The fraction of sp³-hybridized carbons (Fsp3) is 0.588. The van der Waals surface area contributed by atoms with E-state index in [1.165, 1.54) is 38.5 Å². The largest absolute Gasteiger partial charge is 0.326 e. The van der Waals surface area contributed by atoms with Gasteiger partial charge in [0.25, 0.3) is 0 Å². The van der Waals surface area contributed by atoms with E-state index in [-0.39, 0.29) is 5.91 Å². The van der Waals surface area contributed by atoms with E-state index < -0.39 is 0 Å². The van der Waals surface area contributed by atoms with Crippen molar-refractivity contribution in [3.63, 3.8) is 0 Å². The van der Waals surface area contributed by atoms with Crippen LogP contribution >= 0.6 is 31.9 Å². The molecule has 0 saturated carbocycles. The van der Waals surface area contributed by atoms with E-state index in [9.17, 15) is 4.79 Å². The fourth-order valence-electron chi connectivity index (χ4n) is 2.22. The summed E-state index contributed by atoms with van der Waals surface area (Å²) in [6, 6.07) is 5.74. The lowest BCUT2D eigenvalue weighted by atomic mass is 10.1. The summed E-state index contributed by atoms with van der Waals surface area (Å²) in [4.78, 5) is 11.8. The molecule has 0 heterocycles. The molecule has 0 unspecified atom stereocenters. The number of amides is 1. The van der Waals surface area contributed by atoms with Gasteiger partial charge in [-0.05, 0) is 56.5 Å². The number of carbonyl (C=O) groups is 1. The van der Waals surface area contributed by atoms with Crippen LogP contribution in [0.3, 0.4) is 0 Å². The molecule has 1 rings (SSSR count). The van der Waals surface area contributed by atoms with Crippen LogP contribution in [0.2, 0.25) is 0 Å². The maximum absolute atomic E-state index is 11.8. The first-order chi connectivity index (χ1) is 10.1. The summed E-state index contributed by atoms with van der Waals surface area (Å²) in [6.45, 7) is 2.24. The summed E-state index contributed by atoms with van der Waals surface area (Å²) >= 11 is 6.85. The van der Waals surface area contributed by atoms with Crippen LogP contribution in [0.25, 0.3) is 0 Å². The summed E-state index contributed by atoms with van der Waals surface area (Å²) < 4.78 is 1.94. The monoisotopic (exact) mass is 417 g/mol. The molecular formula is C17H25Br2NO. The zero-order chi connectivity index (χ0) is 15.5. The summed E-state index contributed by atoms with van der Waals surface area (Å²) in [5, 5.41) is 2.94. The predicted octanol–water partition coefficient (Wildman–Crippen LogP) is 6.68. The molecular weight excluding hydrogens is 394 g/mol. The van der Waals surface area contributed by atoms with Crippen molar-refractivity contribution in [1.29, 1.82) is 0 Å². The summed E-state index contributed by atoms with van der Waals surface area (Å²) in [5.74, 6) is 0.107. The van der Waals surface area contributed by atoms with Crippen LogP contribution in [0, 0.1) is 0 Å². The van der Waals surface area contributed by atoms with Crippen LogP contribution in [0.4, 0.5) is 5.69 Å². The van der Waals surface area contributed by atoms with Gasteiger partial charge in [0.15, 0.2) is 0 Å². The number of unbranched alkanes of at least 4 members (excludes halogenated alkanes) is 7. The van der Waals surface area contributed by atoms with E-state index in [1.807, 2.05) is 18.2 Å². The van der Waals surface area contributed by atoms with Crippen molar-refractivity contribution in [2.45, 2.75) is 64.7 Å². The molecule has 0 aromatic heterocycles. The number of hydrogen-bond acceptors (Lipinski definition) is 1. The van der Waals surface area contributed by atoms with Crippen LogP contribution in [-0.2, 0) is 4.79 Å². The Morgan fingerprint density at radius 1 is 0.952 bits per heavy atom. The molecule has 1 amide bonds. The number of rotatable bonds is 10. The first-order valence-corrected chi connectivity index (χ1v) is 9.47. The first kappa shape index (κ1) is 18.7. The Balaban J connectivity index is 2.10. The Bertz CT molecular complexity index is 435. The Morgan fingerprint density at radius 2 is 1.57 bits per heavy atom. The van der Waals surface area contributed by atoms with E-state index >= 15 is 0 Å². The lowest BCUT2D eigenvalue weighted by Crippen LogP contribution is -2.10. The number of halogens is 2. The smallest absolute Gasteiger partial charge is 0.224 e. The number of carbonyl (C=O) groups excluding carboxylic acids is 1. The van der Waals surface area contributed by atoms with Crippen LogP contribution in [-0.4, -0.2) is 5.91 Å². The second-order valence-electron chi connectivity index (χ2n) is 5.40. The van der Waals surface area contributed by atoms with Gasteiger partial charge in [-0.3, -0.25) is 4.79 Å². The van der Waals surface area contributed by atoms with E-state index in [4.69, 9.17) is 0 Å². The minimum atomic E-state index is 0.107. The molecule has 118 valence electrons. The van der Waals surface area contributed by atoms with Crippen LogP contribution in [0.15, 0.2) is 27.1 Å². The molecule has 0 spiro atoms. The predicted molar refractivity (Wildman–Crippen MR) is 97.7 cm³/mol. The minimum Gasteiger partial charge on any atom is -0.326 e. The van der Waals surface area contributed by atoms with Gasteiger partial charge >= 0.3 is 0 Å². The lowest BCUT2D eigenvalue weighted by Gasteiger charge is -2.06. The van der Waals surface area contributed by atoms with Gasteiger partial charge in [0.1, 0.15) is 0 Å².